The molecule has 0 spiro atoms. The number of urea groups is 1. The summed E-state index contributed by atoms with van der Waals surface area (Å²) in [5.41, 5.74) is -0.924. The molecule has 0 fully saturated rings. The molecule has 1 aromatic heterocycles. The third kappa shape index (κ3) is 3.89. The lowest BCUT2D eigenvalue weighted by molar-refractivity contribution is -0.149. The highest BCUT2D eigenvalue weighted by Crippen LogP contribution is 2.25. The van der Waals surface area contributed by atoms with E-state index in [1.165, 1.54) is 11.3 Å². The molecular formula is C12H20N4O3S. The zero-order valence-electron chi connectivity index (χ0n) is 11.9. The van der Waals surface area contributed by atoms with Crippen LogP contribution in [0.1, 0.15) is 38.6 Å². The summed E-state index contributed by atoms with van der Waals surface area (Å²) < 4.78 is 0. The van der Waals surface area contributed by atoms with E-state index in [2.05, 4.69) is 20.8 Å². The van der Waals surface area contributed by atoms with Crippen LogP contribution in [0, 0.1) is 5.41 Å². The second kappa shape index (κ2) is 7.18. The van der Waals surface area contributed by atoms with E-state index in [-0.39, 0.29) is 6.54 Å². The van der Waals surface area contributed by atoms with Gasteiger partial charge in [-0.1, -0.05) is 32.1 Å². The van der Waals surface area contributed by atoms with Crippen LogP contribution in [0.4, 0.5) is 9.93 Å². The number of aliphatic carboxylic acids is 1. The monoisotopic (exact) mass is 300 g/mol. The molecule has 0 unspecified atom stereocenters. The van der Waals surface area contributed by atoms with Gasteiger partial charge in [-0.2, -0.15) is 0 Å². The lowest BCUT2D eigenvalue weighted by atomic mass is 9.82. The first-order chi connectivity index (χ1) is 9.47. The fourth-order valence-electron chi connectivity index (χ4n) is 1.72. The van der Waals surface area contributed by atoms with Crippen molar-refractivity contribution in [3.8, 4) is 0 Å². The van der Waals surface area contributed by atoms with E-state index in [9.17, 15) is 14.7 Å². The van der Waals surface area contributed by atoms with Crippen molar-refractivity contribution in [2.45, 2.75) is 40.0 Å². The molecule has 0 atom stereocenters. The minimum atomic E-state index is -0.924. The van der Waals surface area contributed by atoms with Crippen molar-refractivity contribution in [2.75, 3.05) is 11.9 Å². The minimum absolute atomic E-state index is 0.0839. The Bertz CT molecular complexity index is 471. The summed E-state index contributed by atoms with van der Waals surface area (Å²) >= 11 is 1.30. The van der Waals surface area contributed by atoms with Gasteiger partial charge in [-0.15, -0.1) is 10.2 Å². The number of carbonyl (C=O) groups excluding carboxylic acids is 1. The largest absolute Gasteiger partial charge is 0.481 e. The van der Waals surface area contributed by atoms with E-state index in [1.54, 1.807) is 13.8 Å². The zero-order chi connectivity index (χ0) is 15.2. The fraction of sp³-hybridized carbons (Fsp3) is 0.667. The summed E-state index contributed by atoms with van der Waals surface area (Å²) in [6, 6.07) is -0.462. The van der Waals surface area contributed by atoms with E-state index < -0.39 is 17.4 Å². The molecule has 7 nitrogen and oxygen atoms in total. The highest BCUT2D eigenvalue weighted by Gasteiger charge is 2.35. The Morgan fingerprint density at radius 3 is 2.35 bits per heavy atom. The van der Waals surface area contributed by atoms with Gasteiger partial charge in [0.1, 0.15) is 5.01 Å². The Morgan fingerprint density at radius 1 is 1.25 bits per heavy atom. The van der Waals surface area contributed by atoms with Gasteiger partial charge in [0.05, 0.1) is 5.41 Å². The number of nitrogens with zero attached hydrogens (tertiary/aromatic N) is 2. The van der Waals surface area contributed by atoms with Crippen molar-refractivity contribution in [3.05, 3.63) is 5.01 Å². The normalized spacial score (nSPS) is 11.2. The van der Waals surface area contributed by atoms with Gasteiger partial charge in [0.15, 0.2) is 0 Å². The van der Waals surface area contributed by atoms with Crippen molar-refractivity contribution in [2.24, 2.45) is 5.41 Å². The number of hydrogen-bond acceptors (Lipinski definition) is 5. The van der Waals surface area contributed by atoms with Crippen LogP contribution < -0.4 is 10.6 Å². The molecule has 112 valence electrons. The number of nitrogens with one attached hydrogen (secondary N) is 2. The maximum atomic E-state index is 11.7. The molecule has 1 rings (SSSR count). The Hall–Kier alpha value is -1.70. The van der Waals surface area contributed by atoms with Gasteiger partial charge < -0.3 is 10.4 Å². The molecule has 1 heterocycles. The molecule has 3 N–H and O–H groups in total. The summed E-state index contributed by atoms with van der Waals surface area (Å²) in [7, 11) is 0. The number of rotatable bonds is 7. The number of carbonyl (C=O) groups is 2. The fourth-order valence-corrected chi connectivity index (χ4v) is 2.39. The number of aryl methyl sites for hydroxylation is 1. The summed E-state index contributed by atoms with van der Waals surface area (Å²) in [5.74, 6) is -0.896. The van der Waals surface area contributed by atoms with E-state index in [0.717, 1.165) is 11.4 Å². The second-order valence-corrected chi connectivity index (χ2v) is 5.52. The molecule has 1 aromatic rings. The van der Waals surface area contributed by atoms with Crippen LogP contribution in [0.5, 0.6) is 0 Å². The molecule has 0 saturated heterocycles. The van der Waals surface area contributed by atoms with Crippen LogP contribution in [0.25, 0.3) is 0 Å². The summed E-state index contributed by atoms with van der Waals surface area (Å²) in [5, 5.41) is 23.4. The molecule has 0 radical (unpaired) electrons. The van der Waals surface area contributed by atoms with Crippen molar-refractivity contribution in [1.29, 1.82) is 0 Å². The van der Waals surface area contributed by atoms with Crippen molar-refractivity contribution in [1.82, 2.24) is 15.5 Å². The number of carboxylic acids is 1. The number of carboxylic acid groups (broad SMARTS) is 1. The van der Waals surface area contributed by atoms with Crippen LogP contribution in [0.2, 0.25) is 0 Å². The Balaban J connectivity index is 2.56. The first-order valence-electron chi connectivity index (χ1n) is 6.58. The molecule has 0 saturated carbocycles. The molecule has 20 heavy (non-hydrogen) atoms. The standard InChI is InChI=1S/C12H20N4O3S/c1-4-8-15-16-11(20-8)14-10(19)13-7-12(5-2,6-3)9(17)18/h4-7H2,1-3H3,(H,17,18)(H2,13,14,16,19). The minimum Gasteiger partial charge on any atom is -0.481 e. The van der Waals surface area contributed by atoms with E-state index >= 15 is 0 Å². The Morgan fingerprint density at radius 2 is 1.90 bits per heavy atom. The summed E-state index contributed by atoms with van der Waals surface area (Å²) in [4.78, 5) is 23.0. The van der Waals surface area contributed by atoms with E-state index in [1.807, 2.05) is 6.92 Å². The van der Waals surface area contributed by atoms with Crippen molar-refractivity contribution < 1.29 is 14.7 Å². The first-order valence-corrected chi connectivity index (χ1v) is 7.39. The molecular weight excluding hydrogens is 280 g/mol. The zero-order valence-corrected chi connectivity index (χ0v) is 12.7. The molecule has 2 amide bonds. The molecule has 0 bridgehead atoms. The quantitative estimate of drug-likeness (QED) is 0.715. The van der Waals surface area contributed by atoms with Gasteiger partial charge >= 0.3 is 12.0 Å². The van der Waals surface area contributed by atoms with Gasteiger partial charge in [0.2, 0.25) is 5.13 Å². The van der Waals surface area contributed by atoms with Crippen LogP contribution in [0.3, 0.4) is 0 Å². The van der Waals surface area contributed by atoms with Gasteiger partial charge in [0, 0.05) is 6.54 Å². The second-order valence-electron chi connectivity index (χ2n) is 4.45. The van der Waals surface area contributed by atoms with Gasteiger partial charge in [-0.3, -0.25) is 10.1 Å². The maximum absolute atomic E-state index is 11.7. The van der Waals surface area contributed by atoms with Crippen molar-refractivity contribution >= 4 is 28.5 Å². The lowest BCUT2D eigenvalue weighted by Gasteiger charge is -2.26. The molecule has 0 aliphatic heterocycles. The summed E-state index contributed by atoms with van der Waals surface area (Å²) in [6.07, 6.45) is 1.67. The predicted molar refractivity (Wildman–Crippen MR) is 77.0 cm³/mol. The number of amides is 2. The molecule has 0 aliphatic carbocycles. The maximum Gasteiger partial charge on any atom is 0.321 e. The highest BCUT2D eigenvalue weighted by atomic mass is 32.1. The number of aromatic nitrogens is 2. The molecule has 0 aliphatic rings. The predicted octanol–water partition coefficient (Wildman–Crippen LogP) is 2.11. The Labute approximate surface area is 121 Å². The highest BCUT2D eigenvalue weighted by molar-refractivity contribution is 7.15. The van der Waals surface area contributed by atoms with E-state index in [4.69, 9.17) is 0 Å². The topological polar surface area (TPSA) is 104 Å². The Kier molecular flexibility index (Phi) is 5.87. The van der Waals surface area contributed by atoms with Crippen molar-refractivity contribution in [3.63, 3.8) is 0 Å². The third-order valence-corrected chi connectivity index (χ3v) is 4.37. The third-order valence-electron chi connectivity index (χ3n) is 3.38. The van der Waals surface area contributed by atoms with Gasteiger partial charge in [-0.25, -0.2) is 4.79 Å². The molecule has 8 heteroatoms. The van der Waals surface area contributed by atoms with Gasteiger partial charge in [-0.05, 0) is 19.3 Å². The average molecular weight is 300 g/mol. The average Bonchev–Trinajstić information content (AvgIpc) is 2.87. The SMILES string of the molecule is CCc1nnc(NC(=O)NCC(CC)(CC)C(=O)O)s1. The molecule has 0 aromatic carbocycles. The smallest absolute Gasteiger partial charge is 0.321 e. The van der Waals surface area contributed by atoms with E-state index in [0.29, 0.717) is 18.0 Å². The van der Waals surface area contributed by atoms with Crippen LogP contribution in [0.15, 0.2) is 0 Å². The first kappa shape index (κ1) is 16.4. The number of anilines is 1. The van der Waals surface area contributed by atoms with Crippen LogP contribution in [-0.4, -0.2) is 33.8 Å². The number of hydrogen-bond donors (Lipinski definition) is 3. The summed E-state index contributed by atoms with van der Waals surface area (Å²) in [6.45, 7) is 5.64. The van der Waals surface area contributed by atoms with Crippen LogP contribution in [-0.2, 0) is 11.2 Å². The van der Waals surface area contributed by atoms with Gasteiger partial charge in [0.25, 0.3) is 0 Å². The lowest BCUT2D eigenvalue weighted by Crippen LogP contribution is -2.43. The van der Waals surface area contributed by atoms with Crippen LogP contribution >= 0.6 is 11.3 Å².